The zero-order valence-electron chi connectivity index (χ0n) is 7.98. The molecule has 2 aromatic rings. The molecule has 0 amide bonds. The number of aromatic nitrogens is 1. The summed E-state index contributed by atoms with van der Waals surface area (Å²) in [7, 11) is 0. The van der Waals surface area contributed by atoms with Crippen LogP contribution in [-0.4, -0.2) is 16.3 Å². The molecule has 0 radical (unpaired) electrons. The molecular weight excluding hydrogens is 176 g/mol. The lowest BCUT2D eigenvalue weighted by atomic mass is 10.1. The van der Waals surface area contributed by atoms with Gasteiger partial charge in [0.1, 0.15) is 0 Å². The molecule has 0 fully saturated rings. The van der Waals surface area contributed by atoms with Crippen LogP contribution in [0.3, 0.4) is 0 Å². The van der Waals surface area contributed by atoms with Gasteiger partial charge in [-0.2, -0.15) is 0 Å². The van der Waals surface area contributed by atoms with E-state index in [0.717, 1.165) is 11.1 Å². The van der Waals surface area contributed by atoms with Crippen molar-refractivity contribution in [1.29, 1.82) is 0 Å². The summed E-state index contributed by atoms with van der Waals surface area (Å²) in [6.07, 6.45) is 1.99. The Morgan fingerprint density at radius 2 is 2.14 bits per heavy atom. The van der Waals surface area contributed by atoms with E-state index in [1.165, 1.54) is 5.39 Å². The number of aliphatic hydroxyl groups is 1. The highest BCUT2D eigenvalue weighted by Crippen LogP contribution is 2.17. The van der Waals surface area contributed by atoms with E-state index in [1.807, 2.05) is 29.0 Å². The van der Waals surface area contributed by atoms with Crippen LogP contribution in [0, 0.1) is 0 Å². The number of rotatable bonds is 3. The maximum absolute atomic E-state index is 8.86. The highest BCUT2D eigenvalue weighted by Gasteiger charge is 2.00. The largest absolute Gasteiger partial charge is 0.395 e. The van der Waals surface area contributed by atoms with Crippen LogP contribution in [0.5, 0.6) is 0 Å². The molecule has 1 aromatic heterocycles. The second-order valence-electron chi connectivity index (χ2n) is 3.33. The Labute approximate surface area is 82.8 Å². The van der Waals surface area contributed by atoms with Crippen molar-refractivity contribution in [2.75, 3.05) is 6.61 Å². The molecule has 3 nitrogen and oxygen atoms in total. The minimum absolute atomic E-state index is 0.169. The van der Waals surface area contributed by atoms with Crippen molar-refractivity contribution in [1.82, 2.24) is 4.57 Å². The first-order valence-corrected chi connectivity index (χ1v) is 4.74. The fourth-order valence-corrected chi connectivity index (χ4v) is 1.68. The summed E-state index contributed by atoms with van der Waals surface area (Å²) in [4.78, 5) is 0. The number of nitrogens with zero attached hydrogens (tertiary/aromatic N) is 1. The first kappa shape index (κ1) is 9.24. The Kier molecular flexibility index (Phi) is 2.52. The molecule has 14 heavy (non-hydrogen) atoms. The second-order valence-corrected chi connectivity index (χ2v) is 3.33. The lowest BCUT2D eigenvalue weighted by Gasteiger charge is -2.03. The summed E-state index contributed by atoms with van der Waals surface area (Å²) >= 11 is 0. The molecule has 3 heteroatoms. The topological polar surface area (TPSA) is 51.2 Å². The maximum Gasteiger partial charge on any atom is 0.0610 e. The van der Waals surface area contributed by atoms with Gasteiger partial charge >= 0.3 is 0 Å². The zero-order valence-corrected chi connectivity index (χ0v) is 7.98. The number of hydrogen-bond acceptors (Lipinski definition) is 2. The van der Waals surface area contributed by atoms with Crippen LogP contribution in [-0.2, 0) is 13.1 Å². The molecule has 0 atom stereocenters. The van der Waals surface area contributed by atoms with E-state index in [2.05, 4.69) is 6.07 Å². The third-order valence-corrected chi connectivity index (χ3v) is 2.41. The van der Waals surface area contributed by atoms with E-state index in [9.17, 15) is 0 Å². The number of nitrogens with two attached hydrogens (primary N) is 1. The molecule has 0 aliphatic carbocycles. The van der Waals surface area contributed by atoms with Gasteiger partial charge in [0.05, 0.1) is 6.61 Å². The lowest BCUT2D eigenvalue weighted by Crippen LogP contribution is -2.00. The van der Waals surface area contributed by atoms with Crippen molar-refractivity contribution >= 4 is 10.9 Å². The van der Waals surface area contributed by atoms with Gasteiger partial charge < -0.3 is 15.4 Å². The van der Waals surface area contributed by atoms with Crippen LogP contribution in [0.2, 0.25) is 0 Å². The second kappa shape index (κ2) is 3.82. The summed E-state index contributed by atoms with van der Waals surface area (Å²) in [5.74, 6) is 0. The molecule has 1 heterocycles. The van der Waals surface area contributed by atoms with Gasteiger partial charge in [-0.25, -0.2) is 0 Å². The Morgan fingerprint density at radius 1 is 1.29 bits per heavy atom. The summed E-state index contributed by atoms with van der Waals surface area (Å²) < 4.78 is 2.04. The Bertz CT molecular complexity index is 434. The minimum atomic E-state index is 0.169. The van der Waals surface area contributed by atoms with Gasteiger partial charge in [-0.05, 0) is 29.1 Å². The summed E-state index contributed by atoms with van der Waals surface area (Å²) in [5, 5.41) is 10.0. The van der Waals surface area contributed by atoms with Gasteiger partial charge in [-0.15, -0.1) is 0 Å². The van der Waals surface area contributed by atoms with Crippen molar-refractivity contribution in [2.45, 2.75) is 13.1 Å². The average molecular weight is 190 g/mol. The fourth-order valence-electron chi connectivity index (χ4n) is 1.68. The predicted octanol–water partition coefficient (Wildman–Crippen LogP) is 1.09. The first-order chi connectivity index (χ1) is 6.85. The summed E-state index contributed by atoms with van der Waals surface area (Å²) in [6.45, 7) is 1.38. The van der Waals surface area contributed by atoms with Crippen LogP contribution in [0.1, 0.15) is 5.56 Å². The zero-order chi connectivity index (χ0) is 9.97. The standard InChI is InChI=1S/C11H14N2O/c12-8-9-1-2-11-10(7-9)3-4-13(11)5-6-14/h1-4,7,14H,5-6,8,12H2. The van der Waals surface area contributed by atoms with Crippen LogP contribution in [0.15, 0.2) is 30.5 Å². The Hall–Kier alpha value is -1.32. The Balaban J connectivity index is 2.48. The van der Waals surface area contributed by atoms with Crippen molar-refractivity contribution in [3.63, 3.8) is 0 Å². The molecule has 0 aliphatic rings. The summed E-state index contributed by atoms with van der Waals surface area (Å²) in [5.41, 5.74) is 7.85. The number of benzene rings is 1. The van der Waals surface area contributed by atoms with E-state index in [0.29, 0.717) is 13.1 Å². The van der Waals surface area contributed by atoms with Gasteiger partial charge in [0.2, 0.25) is 0 Å². The number of fused-ring (bicyclic) bond motifs is 1. The molecule has 0 spiro atoms. The van der Waals surface area contributed by atoms with E-state index in [4.69, 9.17) is 10.8 Å². The van der Waals surface area contributed by atoms with Gasteiger partial charge in [0, 0.05) is 24.8 Å². The quantitative estimate of drug-likeness (QED) is 0.761. The van der Waals surface area contributed by atoms with Crippen molar-refractivity contribution in [2.24, 2.45) is 5.73 Å². The molecule has 0 saturated heterocycles. The molecule has 2 rings (SSSR count). The van der Waals surface area contributed by atoms with E-state index in [-0.39, 0.29) is 6.61 Å². The normalized spacial score (nSPS) is 11.0. The molecule has 0 saturated carbocycles. The van der Waals surface area contributed by atoms with E-state index >= 15 is 0 Å². The molecule has 0 aliphatic heterocycles. The Morgan fingerprint density at radius 3 is 2.86 bits per heavy atom. The predicted molar refractivity (Wildman–Crippen MR) is 56.9 cm³/mol. The number of aliphatic hydroxyl groups excluding tert-OH is 1. The molecule has 1 aromatic carbocycles. The average Bonchev–Trinajstić information content (AvgIpc) is 2.61. The van der Waals surface area contributed by atoms with E-state index in [1.54, 1.807) is 0 Å². The highest BCUT2D eigenvalue weighted by molar-refractivity contribution is 5.80. The van der Waals surface area contributed by atoms with Crippen molar-refractivity contribution in [3.05, 3.63) is 36.0 Å². The number of hydrogen-bond donors (Lipinski definition) is 2. The fraction of sp³-hybridized carbons (Fsp3) is 0.273. The lowest BCUT2D eigenvalue weighted by molar-refractivity contribution is 0.278. The third kappa shape index (κ3) is 1.52. The van der Waals surface area contributed by atoms with Crippen molar-refractivity contribution in [3.8, 4) is 0 Å². The monoisotopic (exact) mass is 190 g/mol. The van der Waals surface area contributed by atoms with Gasteiger partial charge in [-0.3, -0.25) is 0 Å². The van der Waals surface area contributed by atoms with Gasteiger partial charge in [0.25, 0.3) is 0 Å². The van der Waals surface area contributed by atoms with Crippen molar-refractivity contribution < 1.29 is 5.11 Å². The van der Waals surface area contributed by atoms with Crippen LogP contribution >= 0.6 is 0 Å². The summed E-state index contributed by atoms with van der Waals surface area (Å²) in [6, 6.07) is 8.21. The first-order valence-electron chi connectivity index (χ1n) is 4.74. The van der Waals surface area contributed by atoms with Crippen LogP contribution in [0.4, 0.5) is 0 Å². The van der Waals surface area contributed by atoms with Gasteiger partial charge in [-0.1, -0.05) is 6.07 Å². The van der Waals surface area contributed by atoms with Crippen LogP contribution < -0.4 is 5.73 Å². The van der Waals surface area contributed by atoms with E-state index < -0.39 is 0 Å². The van der Waals surface area contributed by atoms with Crippen LogP contribution in [0.25, 0.3) is 10.9 Å². The van der Waals surface area contributed by atoms with Gasteiger partial charge in [0.15, 0.2) is 0 Å². The minimum Gasteiger partial charge on any atom is -0.395 e. The third-order valence-electron chi connectivity index (χ3n) is 2.41. The molecule has 0 unspecified atom stereocenters. The molecule has 74 valence electrons. The SMILES string of the molecule is NCc1ccc2c(ccn2CCO)c1. The molecular formula is C11H14N2O. The highest BCUT2D eigenvalue weighted by atomic mass is 16.3. The smallest absolute Gasteiger partial charge is 0.0610 e. The molecule has 3 N–H and O–H groups in total. The maximum atomic E-state index is 8.86. The molecule has 0 bridgehead atoms.